The van der Waals surface area contributed by atoms with Crippen molar-refractivity contribution in [2.75, 3.05) is 6.61 Å². The van der Waals surface area contributed by atoms with Gasteiger partial charge in [0.1, 0.15) is 6.61 Å². The quantitative estimate of drug-likeness (QED) is 0.781. The van der Waals surface area contributed by atoms with Crippen molar-refractivity contribution in [1.82, 2.24) is 4.90 Å². The molecule has 2 amide bonds. The van der Waals surface area contributed by atoms with Gasteiger partial charge >= 0.3 is 6.09 Å². The van der Waals surface area contributed by atoms with Gasteiger partial charge in [0.25, 0.3) is 0 Å². The van der Waals surface area contributed by atoms with Crippen molar-refractivity contribution in [3.63, 3.8) is 0 Å². The van der Waals surface area contributed by atoms with Gasteiger partial charge in [-0.15, -0.1) is 0 Å². The van der Waals surface area contributed by atoms with E-state index in [4.69, 9.17) is 4.74 Å². The zero-order valence-corrected chi connectivity index (χ0v) is 12.5. The number of hydrogen-bond donors (Lipinski definition) is 0. The topological polar surface area (TPSA) is 46.6 Å². The van der Waals surface area contributed by atoms with Crippen LogP contribution >= 0.6 is 0 Å². The minimum Gasteiger partial charge on any atom is -0.447 e. The molecular weight excluding hydrogens is 266 g/mol. The van der Waals surface area contributed by atoms with Crippen LogP contribution in [0.3, 0.4) is 0 Å². The molecule has 1 aromatic rings. The summed E-state index contributed by atoms with van der Waals surface area (Å²) in [5, 5.41) is 0. The summed E-state index contributed by atoms with van der Waals surface area (Å²) in [5.41, 5.74) is 1.10. The fourth-order valence-electron chi connectivity index (χ4n) is 2.45. The number of imide groups is 1. The molecule has 1 fully saturated rings. The minimum atomic E-state index is -0.520. The first-order valence-corrected chi connectivity index (χ1v) is 7.28. The maximum atomic E-state index is 12.5. The Labute approximate surface area is 125 Å². The Hall–Kier alpha value is -2.10. The molecule has 0 spiro atoms. The van der Waals surface area contributed by atoms with Crippen LogP contribution in [0.2, 0.25) is 0 Å². The molecule has 0 aromatic heterocycles. The number of rotatable bonds is 5. The van der Waals surface area contributed by atoms with Crippen LogP contribution in [0.5, 0.6) is 0 Å². The molecule has 0 N–H and O–H groups in total. The molecule has 4 nitrogen and oxygen atoms in total. The van der Waals surface area contributed by atoms with Gasteiger partial charge in [-0.25, -0.2) is 9.69 Å². The van der Waals surface area contributed by atoms with Crippen LogP contribution in [-0.4, -0.2) is 29.5 Å². The summed E-state index contributed by atoms with van der Waals surface area (Å²) in [6.07, 6.45) is 4.60. The maximum Gasteiger partial charge on any atom is 0.416 e. The second kappa shape index (κ2) is 7.07. The highest BCUT2D eigenvalue weighted by Gasteiger charge is 2.39. The van der Waals surface area contributed by atoms with Crippen LogP contribution in [0, 0.1) is 5.92 Å². The third kappa shape index (κ3) is 3.72. The number of benzene rings is 1. The highest BCUT2D eigenvalue weighted by Crippen LogP contribution is 2.21. The number of cyclic esters (lactones) is 1. The van der Waals surface area contributed by atoms with Crippen LogP contribution in [-0.2, 0) is 16.0 Å². The van der Waals surface area contributed by atoms with Gasteiger partial charge < -0.3 is 4.74 Å². The van der Waals surface area contributed by atoms with Crippen molar-refractivity contribution in [1.29, 1.82) is 0 Å². The van der Waals surface area contributed by atoms with Crippen molar-refractivity contribution < 1.29 is 14.3 Å². The highest BCUT2D eigenvalue weighted by molar-refractivity contribution is 5.94. The predicted octanol–water partition coefficient (Wildman–Crippen LogP) is 3.18. The molecule has 21 heavy (non-hydrogen) atoms. The average molecular weight is 287 g/mol. The van der Waals surface area contributed by atoms with E-state index >= 15 is 0 Å². The second-order valence-corrected chi connectivity index (χ2v) is 5.33. The molecule has 1 heterocycles. The van der Waals surface area contributed by atoms with Crippen LogP contribution in [0.4, 0.5) is 4.79 Å². The molecular formula is C17H21NO3. The highest BCUT2D eigenvalue weighted by atomic mass is 16.6. The number of amides is 2. The second-order valence-electron chi connectivity index (χ2n) is 5.33. The standard InChI is InChI=1S/C17H21NO3/c1-3-4-8-13(2)16(19)18-15(12-21-17(18)20)11-14-9-6-5-7-10-14/h3-7,9-10,13,15H,8,11-12H2,1-2H3/b4-3+/t13-,15+/m1/s1. The summed E-state index contributed by atoms with van der Waals surface area (Å²) in [5.74, 6) is -0.373. The first-order chi connectivity index (χ1) is 10.1. The zero-order valence-electron chi connectivity index (χ0n) is 12.5. The molecule has 0 bridgehead atoms. The predicted molar refractivity (Wildman–Crippen MR) is 80.7 cm³/mol. The number of carbonyl (C=O) groups is 2. The van der Waals surface area contributed by atoms with Crippen molar-refractivity contribution in [2.24, 2.45) is 5.92 Å². The third-order valence-electron chi connectivity index (χ3n) is 3.66. The van der Waals surface area contributed by atoms with Crippen molar-refractivity contribution in [2.45, 2.75) is 32.7 Å². The Morgan fingerprint density at radius 2 is 2.14 bits per heavy atom. The van der Waals surface area contributed by atoms with Gasteiger partial charge in [0.05, 0.1) is 6.04 Å². The molecule has 0 aliphatic carbocycles. The van der Waals surface area contributed by atoms with Gasteiger partial charge in [0.2, 0.25) is 5.91 Å². The number of hydrogen-bond acceptors (Lipinski definition) is 3. The molecule has 4 heteroatoms. The Morgan fingerprint density at radius 1 is 1.43 bits per heavy atom. The van der Waals surface area contributed by atoms with E-state index in [1.165, 1.54) is 4.90 Å². The summed E-state index contributed by atoms with van der Waals surface area (Å²) < 4.78 is 5.07. The fourth-order valence-corrected chi connectivity index (χ4v) is 2.45. The normalized spacial score (nSPS) is 19.8. The number of carbonyl (C=O) groups excluding carboxylic acids is 2. The average Bonchev–Trinajstić information content (AvgIpc) is 2.85. The first kappa shape index (κ1) is 15.3. The van der Waals surface area contributed by atoms with Gasteiger partial charge in [0, 0.05) is 5.92 Å². The Kier molecular flexibility index (Phi) is 5.14. The lowest BCUT2D eigenvalue weighted by Crippen LogP contribution is -2.42. The van der Waals surface area contributed by atoms with Crippen molar-refractivity contribution in [3.8, 4) is 0 Å². The lowest BCUT2D eigenvalue weighted by Gasteiger charge is -2.22. The summed E-state index contributed by atoms with van der Waals surface area (Å²) in [4.78, 5) is 25.6. The van der Waals surface area contributed by atoms with E-state index in [9.17, 15) is 9.59 Å². The van der Waals surface area contributed by atoms with Crippen LogP contribution in [0.15, 0.2) is 42.5 Å². The molecule has 112 valence electrons. The molecule has 1 aliphatic heterocycles. The van der Waals surface area contributed by atoms with Gasteiger partial charge in [-0.2, -0.15) is 0 Å². The molecule has 0 unspecified atom stereocenters. The third-order valence-corrected chi connectivity index (χ3v) is 3.66. The molecule has 1 aliphatic rings. The molecule has 2 atom stereocenters. The zero-order chi connectivity index (χ0) is 15.2. The van der Waals surface area contributed by atoms with E-state index in [1.54, 1.807) is 0 Å². The van der Waals surface area contributed by atoms with Gasteiger partial charge in [-0.05, 0) is 25.3 Å². The van der Waals surface area contributed by atoms with Gasteiger partial charge in [0.15, 0.2) is 0 Å². The first-order valence-electron chi connectivity index (χ1n) is 7.28. The van der Waals surface area contributed by atoms with Crippen LogP contribution < -0.4 is 0 Å². The monoisotopic (exact) mass is 287 g/mol. The summed E-state index contributed by atoms with van der Waals surface area (Å²) in [6, 6.07) is 9.63. The summed E-state index contributed by atoms with van der Waals surface area (Å²) in [7, 11) is 0. The van der Waals surface area contributed by atoms with E-state index in [0.29, 0.717) is 12.8 Å². The maximum absolute atomic E-state index is 12.5. The van der Waals surface area contributed by atoms with E-state index in [0.717, 1.165) is 5.56 Å². The Balaban J connectivity index is 2.07. The molecule has 1 saturated heterocycles. The fraction of sp³-hybridized carbons (Fsp3) is 0.412. The molecule has 0 saturated carbocycles. The van der Waals surface area contributed by atoms with Gasteiger partial charge in [-0.1, -0.05) is 49.4 Å². The van der Waals surface area contributed by atoms with Crippen molar-refractivity contribution in [3.05, 3.63) is 48.0 Å². The Bertz CT molecular complexity index is 524. The van der Waals surface area contributed by atoms with Crippen molar-refractivity contribution >= 4 is 12.0 Å². The summed E-state index contributed by atoms with van der Waals surface area (Å²) in [6.45, 7) is 4.03. The molecule has 1 aromatic carbocycles. The summed E-state index contributed by atoms with van der Waals surface area (Å²) >= 11 is 0. The Morgan fingerprint density at radius 3 is 2.81 bits per heavy atom. The SMILES string of the molecule is C/C=C/C[C@@H](C)C(=O)N1C(=O)OC[C@@H]1Cc1ccccc1. The minimum absolute atomic E-state index is 0.156. The van der Waals surface area contributed by atoms with E-state index in [-0.39, 0.29) is 24.5 Å². The molecule has 2 rings (SSSR count). The smallest absolute Gasteiger partial charge is 0.416 e. The van der Waals surface area contributed by atoms with E-state index < -0.39 is 6.09 Å². The van der Waals surface area contributed by atoms with E-state index in [1.807, 2.05) is 56.3 Å². The van der Waals surface area contributed by atoms with E-state index in [2.05, 4.69) is 0 Å². The number of ether oxygens (including phenoxy) is 1. The molecule has 0 radical (unpaired) electrons. The van der Waals surface area contributed by atoms with Gasteiger partial charge in [-0.3, -0.25) is 4.79 Å². The largest absolute Gasteiger partial charge is 0.447 e. The van der Waals surface area contributed by atoms with Crippen LogP contribution in [0.1, 0.15) is 25.8 Å². The lowest BCUT2D eigenvalue weighted by molar-refractivity contribution is -0.132. The van der Waals surface area contributed by atoms with Crippen LogP contribution in [0.25, 0.3) is 0 Å². The lowest BCUT2D eigenvalue weighted by atomic mass is 10.0. The number of allylic oxidation sites excluding steroid dienone is 2. The number of nitrogens with zero attached hydrogens (tertiary/aromatic N) is 1.